The van der Waals surface area contributed by atoms with Gasteiger partial charge in [-0.25, -0.2) is 9.88 Å². The van der Waals surface area contributed by atoms with Gasteiger partial charge in [0.05, 0.1) is 16.0 Å². The van der Waals surface area contributed by atoms with Crippen LogP contribution in [-0.4, -0.2) is 28.5 Å². The summed E-state index contributed by atoms with van der Waals surface area (Å²) in [7, 11) is 0. The molecule has 1 aliphatic heterocycles. The maximum Gasteiger partial charge on any atom is 0.267 e. The molecule has 0 saturated carbocycles. The number of halogens is 1. The maximum absolute atomic E-state index is 12.5. The fourth-order valence-electron chi connectivity index (χ4n) is 3.19. The van der Waals surface area contributed by atoms with Crippen molar-refractivity contribution >= 4 is 29.0 Å². The average molecular weight is 460 g/mol. The number of carbonyl (C=O) groups is 2. The zero-order chi connectivity index (χ0) is 19.0. The van der Waals surface area contributed by atoms with E-state index < -0.39 is 0 Å². The smallest absolute Gasteiger partial charge is 0.267 e. The van der Waals surface area contributed by atoms with E-state index in [2.05, 4.69) is 9.55 Å². The van der Waals surface area contributed by atoms with Gasteiger partial charge in [-0.3, -0.25) is 9.59 Å². The van der Waals surface area contributed by atoms with Crippen LogP contribution in [-0.2, 0) is 13.0 Å². The summed E-state index contributed by atoms with van der Waals surface area (Å²) in [6, 6.07) is 10.4. The van der Waals surface area contributed by atoms with Crippen molar-refractivity contribution in [2.24, 2.45) is 0 Å². The first-order chi connectivity index (χ1) is 13.1. The molecule has 3 aromatic rings. The average Bonchev–Trinajstić information content (AvgIpc) is 3.15. The normalized spacial score (nSPS) is 12.9. The van der Waals surface area contributed by atoms with Crippen molar-refractivity contribution in [3.05, 3.63) is 75.4 Å². The van der Waals surface area contributed by atoms with Crippen molar-refractivity contribution in [1.29, 1.82) is 0 Å². The topological polar surface area (TPSA) is 74.4 Å². The van der Waals surface area contributed by atoms with E-state index in [1.807, 2.05) is 18.5 Å². The second kappa shape index (κ2) is 8.30. The second-order valence-electron chi connectivity index (χ2n) is 6.35. The molecule has 1 aliphatic rings. The largest absolute Gasteiger partial charge is 1.00 e. The van der Waals surface area contributed by atoms with Crippen LogP contribution >= 0.6 is 11.3 Å². The monoisotopic (exact) mass is 459 g/mol. The number of aromatic nitrogens is 2. The van der Waals surface area contributed by atoms with Crippen molar-refractivity contribution < 1.29 is 36.2 Å². The van der Waals surface area contributed by atoms with Crippen LogP contribution in [0.5, 0.6) is 0 Å². The van der Waals surface area contributed by atoms with Gasteiger partial charge in [0, 0.05) is 31.7 Å². The summed E-state index contributed by atoms with van der Waals surface area (Å²) in [6.45, 7) is 2.81. The SMILES string of the molecule is Cc1c(CCO)sc[n+]1Cc1ccc(N2C(=O)c3ccccc3C2=O)nc1.[Br-]. The first kappa shape index (κ1) is 20.3. The van der Waals surface area contributed by atoms with Crippen LogP contribution in [0, 0.1) is 6.92 Å². The molecule has 0 bridgehead atoms. The molecule has 0 atom stereocenters. The minimum absolute atomic E-state index is 0. The number of benzene rings is 1. The molecule has 0 spiro atoms. The molecule has 0 fully saturated rings. The van der Waals surface area contributed by atoms with Gasteiger partial charge in [0.2, 0.25) is 5.51 Å². The number of fused-ring (bicyclic) bond motifs is 1. The summed E-state index contributed by atoms with van der Waals surface area (Å²) in [5, 5.41) is 9.11. The molecule has 144 valence electrons. The summed E-state index contributed by atoms with van der Waals surface area (Å²) in [4.78, 5) is 31.7. The highest BCUT2D eigenvalue weighted by atomic mass is 79.9. The van der Waals surface area contributed by atoms with E-state index in [9.17, 15) is 9.59 Å². The fraction of sp³-hybridized carbons (Fsp3) is 0.200. The lowest BCUT2D eigenvalue weighted by atomic mass is 10.1. The lowest BCUT2D eigenvalue weighted by Crippen LogP contribution is -3.00. The number of hydrogen-bond acceptors (Lipinski definition) is 5. The van der Waals surface area contributed by atoms with Gasteiger partial charge in [-0.05, 0) is 24.3 Å². The Kier molecular flexibility index (Phi) is 6.02. The maximum atomic E-state index is 12.5. The van der Waals surface area contributed by atoms with Crippen LogP contribution in [0.1, 0.15) is 36.9 Å². The van der Waals surface area contributed by atoms with Crippen LogP contribution in [0.4, 0.5) is 5.82 Å². The number of aliphatic hydroxyl groups is 1. The molecule has 6 nitrogen and oxygen atoms in total. The molecule has 1 aromatic carbocycles. The van der Waals surface area contributed by atoms with E-state index in [-0.39, 0.29) is 35.4 Å². The predicted octanol–water partition coefficient (Wildman–Crippen LogP) is -0.873. The Bertz CT molecular complexity index is 998. The highest BCUT2D eigenvalue weighted by molar-refractivity contribution is 7.09. The minimum atomic E-state index is -0.340. The van der Waals surface area contributed by atoms with E-state index in [1.165, 1.54) is 0 Å². The quantitative estimate of drug-likeness (QED) is 0.397. The minimum Gasteiger partial charge on any atom is -1.00 e. The number of carbonyl (C=O) groups excluding carboxylic acids is 2. The van der Waals surface area contributed by atoms with Crippen LogP contribution in [0.2, 0.25) is 0 Å². The number of amides is 2. The van der Waals surface area contributed by atoms with E-state index in [4.69, 9.17) is 5.11 Å². The lowest BCUT2D eigenvalue weighted by Gasteiger charge is -2.12. The highest BCUT2D eigenvalue weighted by Crippen LogP contribution is 2.26. The molecule has 0 radical (unpaired) electrons. The molecule has 0 saturated heterocycles. The molecule has 4 rings (SSSR count). The molecule has 28 heavy (non-hydrogen) atoms. The Labute approximate surface area is 176 Å². The molecule has 1 N–H and O–H groups in total. The summed E-state index contributed by atoms with van der Waals surface area (Å²) in [5.74, 6) is -0.349. The summed E-state index contributed by atoms with van der Waals surface area (Å²) < 4.78 is 2.11. The van der Waals surface area contributed by atoms with Gasteiger partial charge in [0.1, 0.15) is 5.82 Å². The van der Waals surface area contributed by atoms with E-state index in [0.29, 0.717) is 29.9 Å². The number of aliphatic hydroxyl groups excluding tert-OH is 1. The molecule has 2 amide bonds. The van der Waals surface area contributed by atoms with E-state index in [0.717, 1.165) is 21.0 Å². The number of pyridine rings is 1. The third-order valence-corrected chi connectivity index (χ3v) is 5.82. The Morgan fingerprint density at radius 3 is 2.36 bits per heavy atom. The number of nitrogens with zero attached hydrogens (tertiary/aromatic N) is 3. The first-order valence-corrected chi connectivity index (χ1v) is 9.48. The third-order valence-electron chi connectivity index (χ3n) is 4.68. The van der Waals surface area contributed by atoms with Crippen LogP contribution in [0.15, 0.2) is 48.1 Å². The summed E-state index contributed by atoms with van der Waals surface area (Å²) in [5.41, 5.74) is 4.94. The number of hydrogen-bond donors (Lipinski definition) is 1. The van der Waals surface area contributed by atoms with Crippen LogP contribution < -0.4 is 26.4 Å². The lowest BCUT2D eigenvalue weighted by molar-refractivity contribution is -0.689. The van der Waals surface area contributed by atoms with Gasteiger partial charge in [-0.1, -0.05) is 23.5 Å². The van der Waals surface area contributed by atoms with Crippen LogP contribution in [0.25, 0.3) is 0 Å². The molecule has 0 unspecified atom stereocenters. The van der Waals surface area contributed by atoms with Gasteiger partial charge in [0.15, 0.2) is 12.2 Å². The summed E-state index contributed by atoms with van der Waals surface area (Å²) >= 11 is 1.62. The molecular formula is C20H18BrN3O3S. The number of imide groups is 1. The Balaban J connectivity index is 0.00000225. The van der Waals surface area contributed by atoms with Gasteiger partial charge < -0.3 is 22.1 Å². The number of rotatable bonds is 5. The van der Waals surface area contributed by atoms with Gasteiger partial charge in [0.25, 0.3) is 11.8 Å². The van der Waals surface area contributed by atoms with Crippen molar-refractivity contribution in [1.82, 2.24) is 4.98 Å². The fourth-order valence-corrected chi connectivity index (χ4v) is 4.17. The van der Waals surface area contributed by atoms with E-state index in [1.54, 1.807) is 47.9 Å². The Morgan fingerprint density at radius 1 is 1.11 bits per heavy atom. The van der Waals surface area contributed by atoms with Crippen molar-refractivity contribution in [3.8, 4) is 0 Å². The van der Waals surface area contributed by atoms with E-state index >= 15 is 0 Å². The zero-order valence-electron chi connectivity index (χ0n) is 15.1. The third kappa shape index (κ3) is 3.50. The van der Waals surface area contributed by atoms with Crippen LogP contribution in [0.3, 0.4) is 0 Å². The Morgan fingerprint density at radius 2 is 1.79 bits per heavy atom. The molecule has 8 heteroatoms. The Hall–Kier alpha value is -2.42. The second-order valence-corrected chi connectivity index (χ2v) is 7.29. The predicted molar refractivity (Wildman–Crippen MR) is 101 cm³/mol. The zero-order valence-corrected chi connectivity index (χ0v) is 17.5. The highest BCUT2D eigenvalue weighted by Gasteiger charge is 2.37. The summed E-state index contributed by atoms with van der Waals surface area (Å²) in [6.07, 6.45) is 2.34. The van der Waals surface area contributed by atoms with Gasteiger partial charge >= 0.3 is 0 Å². The standard InChI is InChI=1S/C20H18N3O3S.BrH/c1-13-17(8-9-24)27-12-22(13)11-14-6-7-18(21-10-14)23-19(25)15-4-2-3-5-16(15)20(23)26;/h2-7,10,12,24H,8-9,11H2,1H3;1H/q+1;/p-1. The van der Waals surface area contributed by atoms with Crippen molar-refractivity contribution in [2.45, 2.75) is 19.9 Å². The van der Waals surface area contributed by atoms with Gasteiger partial charge in [-0.2, -0.15) is 4.57 Å². The van der Waals surface area contributed by atoms with Crippen molar-refractivity contribution in [2.75, 3.05) is 11.5 Å². The molecular weight excluding hydrogens is 442 g/mol. The number of thiazole rings is 1. The van der Waals surface area contributed by atoms with Gasteiger partial charge in [-0.15, -0.1) is 0 Å². The number of anilines is 1. The van der Waals surface area contributed by atoms with Crippen molar-refractivity contribution in [3.63, 3.8) is 0 Å². The molecule has 3 heterocycles. The molecule has 2 aromatic heterocycles. The molecule has 0 aliphatic carbocycles. The first-order valence-electron chi connectivity index (χ1n) is 8.60.